The molecule has 19 nitrogen and oxygen atoms in total. The van der Waals surface area contributed by atoms with Crippen molar-refractivity contribution < 1.29 is 101 Å². The van der Waals surface area contributed by atoms with Crippen LogP contribution in [0.2, 0.25) is 0 Å². The van der Waals surface area contributed by atoms with E-state index in [2.05, 4.69) is 36.2 Å². The van der Waals surface area contributed by atoms with Gasteiger partial charge in [0.05, 0.1) is 18.5 Å². The minimum Gasteiger partial charge on any atom is -0.481 e. The average Bonchev–Trinajstić information content (AvgIpc) is 3.85. The first kappa shape index (κ1) is 63.7. The van der Waals surface area contributed by atoms with Crippen molar-refractivity contribution >= 4 is 30.0 Å². The molecule has 2 aromatic heterocycles. The van der Waals surface area contributed by atoms with Gasteiger partial charge in [-0.25, -0.2) is 49.5 Å². The number of aliphatic carboxylic acids is 2. The monoisotopic (exact) mass is 1160 g/mol. The number of rotatable bonds is 14. The van der Waals surface area contributed by atoms with Gasteiger partial charge in [0.2, 0.25) is 5.91 Å². The van der Waals surface area contributed by atoms with Crippen molar-refractivity contribution in [3.05, 3.63) is 93.7 Å². The van der Waals surface area contributed by atoms with Gasteiger partial charge in [0, 0.05) is 37.2 Å². The van der Waals surface area contributed by atoms with E-state index in [4.69, 9.17) is 33.5 Å². The molecule has 0 radical (unpaired) electrons. The smallest absolute Gasteiger partial charge is 0.481 e. The number of ether oxygens (including phenoxy) is 2. The van der Waals surface area contributed by atoms with Crippen LogP contribution < -0.4 is 16.0 Å². The summed E-state index contributed by atoms with van der Waals surface area (Å²) >= 11 is 0. The van der Waals surface area contributed by atoms with Crippen LogP contribution in [0.3, 0.4) is 0 Å². The van der Waals surface area contributed by atoms with Crippen LogP contribution in [0.25, 0.3) is 0 Å². The van der Waals surface area contributed by atoms with Gasteiger partial charge in [-0.1, -0.05) is 10.3 Å². The maximum atomic E-state index is 14.3. The predicted octanol–water partition coefficient (Wildman–Crippen LogP) is 9.74. The number of aromatic nitrogens is 4. The van der Waals surface area contributed by atoms with Crippen LogP contribution >= 0.6 is 0 Å². The Morgan fingerprint density at radius 2 is 1.10 bits per heavy atom. The molecule has 4 aromatic rings. The summed E-state index contributed by atoms with van der Waals surface area (Å²) in [6.45, 7) is 11.2. The van der Waals surface area contributed by atoms with Crippen LogP contribution in [-0.2, 0) is 48.0 Å². The van der Waals surface area contributed by atoms with Crippen LogP contribution in [0.4, 0.5) is 57.9 Å². The van der Waals surface area contributed by atoms with Crippen LogP contribution in [0, 0.1) is 34.9 Å². The van der Waals surface area contributed by atoms with E-state index in [1.54, 1.807) is 41.5 Å². The van der Waals surface area contributed by atoms with Gasteiger partial charge in [-0.2, -0.15) is 23.1 Å². The molecule has 442 valence electrons. The summed E-state index contributed by atoms with van der Waals surface area (Å²) in [5, 5.41) is 31.7. The molecule has 2 saturated carbocycles. The second kappa shape index (κ2) is 26.0. The number of hydrogen-bond acceptors (Lipinski definition) is 14. The van der Waals surface area contributed by atoms with Crippen LogP contribution in [0.1, 0.15) is 152 Å². The van der Waals surface area contributed by atoms with Gasteiger partial charge in [-0.05, 0) is 136 Å². The van der Waals surface area contributed by atoms with Gasteiger partial charge >= 0.3 is 30.3 Å². The fourth-order valence-electron chi connectivity index (χ4n) is 7.80. The molecular formula is C50H59F11N8O11. The molecule has 0 bridgehead atoms. The molecule has 0 unspecified atom stereocenters. The van der Waals surface area contributed by atoms with Crippen molar-refractivity contribution in [2.75, 3.05) is 13.1 Å². The van der Waals surface area contributed by atoms with Gasteiger partial charge in [-0.15, -0.1) is 0 Å². The topological polar surface area (TPSA) is 261 Å². The van der Waals surface area contributed by atoms with Crippen molar-refractivity contribution in [3.63, 3.8) is 0 Å². The summed E-state index contributed by atoms with van der Waals surface area (Å²) < 4.78 is 161. The number of likely N-dealkylation sites (tertiary alicyclic amines) is 1. The van der Waals surface area contributed by atoms with E-state index in [-0.39, 0.29) is 54.0 Å². The standard InChI is InChI=1S/C24H28F4N4O4.C15H18F3NO4.C9H12FN3O.C2HF3O2/c1-23(2,3)35-22(34)29-14(9-13-10-16(26)17(27)12-15(13)25)11-19(33)32-8-4-5-18(32)20-30-21(36-31-20)24(28)6-7-24;1-15(2,3)23-14(22)19-9(6-13(20)21)4-8-5-11(17)12(18)7-10(8)16;10-9(3-4-9)8-12-7(13-14-8)6-2-1-5-11-6;3-2(4,5)1(6)7/h10,12,14,18H,4-9,11H2,1-3H3,(H,29,34);5,7,9H,4,6H2,1-3H3,(H,19,22)(H,20,21);6,11H,1-5H2;(H,6,7)/t14-,18+;9-;6-;/m110./s1. The second-order valence-corrected chi connectivity index (χ2v) is 21.2. The molecule has 2 aromatic carbocycles. The number of alkyl carbamates (subject to hydrolysis) is 2. The van der Waals surface area contributed by atoms with Gasteiger partial charge in [0.1, 0.15) is 22.8 Å². The number of benzene rings is 2. The molecule has 8 rings (SSSR count). The summed E-state index contributed by atoms with van der Waals surface area (Å²) in [4.78, 5) is 66.9. The van der Waals surface area contributed by atoms with Gasteiger partial charge in [0.25, 0.3) is 11.8 Å². The Labute approximate surface area is 449 Å². The number of halogens is 11. The predicted molar refractivity (Wildman–Crippen MR) is 253 cm³/mol. The summed E-state index contributed by atoms with van der Waals surface area (Å²) in [5.41, 5.74) is -4.99. The number of nitrogens with zero attached hydrogens (tertiary/aromatic N) is 5. The molecule has 4 fully saturated rings. The van der Waals surface area contributed by atoms with Crippen LogP contribution in [0.5, 0.6) is 0 Å². The Morgan fingerprint density at radius 3 is 1.50 bits per heavy atom. The fourth-order valence-corrected chi connectivity index (χ4v) is 7.80. The van der Waals surface area contributed by atoms with E-state index in [0.717, 1.165) is 19.4 Å². The Balaban J connectivity index is 0.000000226. The van der Waals surface area contributed by atoms with E-state index in [1.165, 1.54) is 4.90 Å². The van der Waals surface area contributed by atoms with Gasteiger partial charge in [0.15, 0.2) is 46.3 Å². The van der Waals surface area contributed by atoms with Crippen molar-refractivity contribution in [1.82, 2.24) is 41.1 Å². The maximum Gasteiger partial charge on any atom is 0.490 e. The van der Waals surface area contributed by atoms with Crippen LogP contribution in [0.15, 0.2) is 33.3 Å². The van der Waals surface area contributed by atoms with Crippen molar-refractivity contribution in [2.24, 2.45) is 0 Å². The molecule has 2 aliphatic heterocycles. The highest BCUT2D eigenvalue weighted by Crippen LogP contribution is 2.50. The molecule has 2 aliphatic carbocycles. The van der Waals surface area contributed by atoms with E-state index in [9.17, 15) is 67.5 Å². The number of carbonyl (C=O) groups is 5. The minimum atomic E-state index is -5.08. The highest BCUT2D eigenvalue weighted by atomic mass is 19.4. The number of hydrogen-bond donors (Lipinski definition) is 5. The third kappa shape index (κ3) is 19.3. The Bertz CT molecular complexity index is 2830. The van der Waals surface area contributed by atoms with Gasteiger partial charge in [-0.3, -0.25) is 9.59 Å². The molecule has 2 saturated heterocycles. The molecule has 3 amide bonds. The molecular weight excluding hydrogens is 1100 g/mol. The first-order chi connectivity index (χ1) is 37.0. The molecule has 4 heterocycles. The number of carbonyl (C=O) groups excluding carboxylic acids is 3. The highest BCUT2D eigenvalue weighted by molar-refractivity contribution is 5.79. The number of amides is 3. The van der Waals surface area contributed by atoms with Gasteiger partial charge < -0.3 is 49.6 Å². The molecule has 30 heteroatoms. The molecule has 4 atom stereocenters. The normalized spacial score (nSPS) is 18.6. The zero-order valence-electron chi connectivity index (χ0n) is 44.0. The van der Waals surface area contributed by atoms with E-state index in [0.29, 0.717) is 75.2 Å². The van der Waals surface area contributed by atoms with E-state index in [1.807, 2.05) is 0 Å². The first-order valence-electron chi connectivity index (χ1n) is 24.9. The summed E-state index contributed by atoms with van der Waals surface area (Å²) in [6, 6.07) is -0.292. The lowest BCUT2D eigenvalue weighted by Crippen LogP contribution is -2.44. The molecule has 5 N–H and O–H groups in total. The quantitative estimate of drug-likeness (QED) is 0.0581. The van der Waals surface area contributed by atoms with Crippen molar-refractivity contribution in [1.29, 1.82) is 0 Å². The molecule has 4 aliphatic rings. The summed E-state index contributed by atoms with van der Waals surface area (Å²) in [6.07, 6.45) is -3.28. The summed E-state index contributed by atoms with van der Waals surface area (Å²) in [7, 11) is 0. The zero-order valence-corrected chi connectivity index (χ0v) is 44.0. The Kier molecular flexibility index (Phi) is 20.7. The lowest BCUT2D eigenvalue weighted by molar-refractivity contribution is -0.192. The Hall–Kier alpha value is -7.14. The second-order valence-electron chi connectivity index (χ2n) is 21.2. The number of alkyl halides is 5. The molecule has 80 heavy (non-hydrogen) atoms. The zero-order chi connectivity index (χ0) is 59.7. The highest BCUT2D eigenvalue weighted by Gasteiger charge is 2.52. The van der Waals surface area contributed by atoms with Crippen molar-refractivity contribution in [2.45, 2.75) is 171 Å². The maximum absolute atomic E-state index is 14.3. The lowest BCUT2D eigenvalue weighted by Gasteiger charge is -2.27. The third-order valence-electron chi connectivity index (χ3n) is 11.9. The third-order valence-corrected chi connectivity index (χ3v) is 11.9. The SMILES string of the molecule is CC(C)(C)OC(=O)N[C@@H](CC(=O)N1CCC[C@H]1c1noc(C2(F)CC2)n1)Cc1cc(F)c(F)cc1F.CC(C)(C)OC(=O)N[C@@H](CC(=O)O)Cc1cc(F)c(F)cc1F.FC1(c2nc([C@@H]3CCCN3)no2)CC1.O=C(O)C(F)(F)F. The van der Waals surface area contributed by atoms with Crippen LogP contribution in [-0.4, -0.2) is 108 Å². The number of carboxylic acid groups (broad SMARTS) is 2. The first-order valence-corrected chi connectivity index (χ1v) is 24.9. The average molecular weight is 1160 g/mol. The number of nitrogens with one attached hydrogen (secondary N) is 3. The minimum absolute atomic E-state index is 0.102. The fraction of sp³-hybridized carbons (Fsp3) is 0.580. The Morgan fingerprint density at radius 1 is 0.675 bits per heavy atom. The summed E-state index contributed by atoms with van der Waals surface area (Å²) in [5.74, 6) is -10.8. The van der Waals surface area contributed by atoms with Crippen molar-refractivity contribution in [3.8, 4) is 0 Å². The van der Waals surface area contributed by atoms with E-state index >= 15 is 0 Å². The van der Waals surface area contributed by atoms with E-state index < -0.39 is 118 Å². The number of carboxylic acids is 2. The largest absolute Gasteiger partial charge is 0.490 e. The lowest BCUT2D eigenvalue weighted by atomic mass is 10.0. The molecule has 0 spiro atoms.